The molecule has 1 aliphatic rings. The Balaban J connectivity index is 1.37. The van der Waals surface area contributed by atoms with E-state index in [0.717, 1.165) is 16.3 Å². The second-order valence-corrected chi connectivity index (χ2v) is 8.80. The molecule has 37 heavy (non-hydrogen) atoms. The van der Waals surface area contributed by atoms with Gasteiger partial charge in [-0.25, -0.2) is 0 Å². The summed E-state index contributed by atoms with van der Waals surface area (Å²) in [5.41, 5.74) is 1.41. The highest BCUT2D eigenvalue weighted by molar-refractivity contribution is 6.00. The average molecular weight is 501 g/mol. The molecule has 0 radical (unpaired) electrons. The minimum absolute atomic E-state index is 0.0969. The van der Waals surface area contributed by atoms with Gasteiger partial charge in [0.1, 0.15) is 12.3 Å². The van der Waals surface area contributed by atoms with Crippen LogP contribution >= 0.6 is 0 Å². The highest BCUT2D eigenvalue weighted by Crippen LogP contribution is 2.33. The van der Waals surface area contributed by atoms with Crippen molar-refractivity contribution < 1.29 is 28.2 Å². The van der Waals surface area contributed by atoms with Crippen molar-refractivity contribution in [1.82, 2.24) is 9.80 Å². The summed E-state index contributed by atoms with van der Waals surface area (Å²) in [4.78, 5) is 30.3. The van der Waals surface area contributed by atoms with E-state index in [9.17, 15) is 9.59 Å². The van der Waals surface area contributed by atoms with Crippen LogP contribution in [0.2, 0.25) is 0 Å². The Morgan fingerprint density at radius 2 is 1.70 bits per heavy atom. The van der Waals surface area contributed by atoms with E-state index in [1.807, 2.05) is 60.7 Å². The van der Waals surface area contributed by atoms with E-state index in [0.29, 0.717) is 36.0 Å². The molecule has 0 fully saturated rings. The number of nitrogens with zero attached hydrogens (tertiary/aromatic N) is 2. The number of hydrogen-bond donors (Lipinski definition) is 0. The fourth-order valence-electron chi connectivity index (χ4n) is 4.30. The number of ether oxygens (including phenoxy) is 3. The molecule has 0 saturated carbocycles. The van der Waals surface area contributed by atoms with Crippen molar-refractivity contribution in [2.45, 2.75) is 13.1 Å². The van der Waals surface area contributed by atoms with E-state index in [2.05, 4.69) is 0 Å². The molecule has 0 aliphatic carbocycles. The van der Waals surface area contributed by atoms with Crippen molar-refractivity contribution in [2.24, 2.45) is 0 Å². The maximum Gasteiger partial charge on any atom is 0.254 e. The smallest absolute Gasteiger partial charge is 0.254 e. The Labute approximate surface area is 214 Å². The summed E-state index contributed by atoms with van der Waals surface area (Å²) in [5.74, 6) is 1.55. The number of amides is 2. The van der Waals surface area contributed by atoms with Crippen LogP contribution in [0.5, 0.6) is 11.5 Å². The quantitative estimate of drug-likeness (QED) is 0.319. The molecule has 1 aromatic heterocycles. The summed E-state index contributed by atoms with van der Waals surface area (Å²) in [6.07, 6.45) is 1.58. The van der Waals surface area contributed by atoms with Crippen molar-refractivity contribution >= 4 is 22.6 Å². The molecule has 4 aromatic rings. The van der Waals surface area contributed by atoms with Gasteiger partial charge >= 0.3 is 0 Å². The summed E-state index contributed by atoms with van der Waals surface area (Å²) >= 11 is 0. The van der Waals surface area contributed by atoms with Crippen molar-refractivity contribution in [3.8, 4) is 11.5 Å². The summed E-state index contributed by atoms with van der Waals surface area (Å²) in [6.45, 7) is 1.26. The van der Waals surface area contributed by atoms with Crippen LogP contribution < -0.4 is 9.47 Å². The molecule has 2 amide bonds. The van der Waals surface area contributed by atoms with Gasteiger partial charge in [-0.3, -0.25) is 9.59 Å². The van der Waals surface area contributed by atoms with E-state index < -0.39 is 0 Å². The van der Waals surface area contributed by atoms with Gasteiger partial charge in [0, 0.05) is 25.8 Å². The van der Waals surface area contributed by atoms with E-state index in [-0.39, 0.29) is 38.2 Å². The molecule has 0 atom stereocenters. The van der Waals surface area contributed by atoms with Crippen LogP contribution in [0, 0.1) is 0 Å². The molecule has 0 saturated heterocycles. The monoisotopic (exact) mass is 500 g/mol. The lowest BCUT2D eigenvalue weighted by Gasteiger charge is -2.27. The van der Waals surface area contributed by atoms with E-state index in [1.54, 1.807) is 30.4 Å². The predicted molar refractivity (Wildman–Crippen MR) is 137 cm³/mol. The Morgan fingerprint density at radius 3 is 2.51 bits per heavy atom. The van der Waals surface area contributed by atoms with Crippen molar-refractivity contribution in [2.75, 3.05) is 33.6 Å². The molecule has 2 heterocycles. The number of carbonyl (C=O) groups is 2. The predicted octanol–water partition coefficient (Wildman–Crippen LogP) is 4.48. The van der Waals surface area contributed by atoms with E-state index in [4.69, 9.17) is 18.6 Å². The molecule has 0 bridgehead atoms. The number of rotatable bonds is 10. The minimum atomic E-state index is -0.225. The molecule has 8 nitrogen and oxygen atoms in total. The van der Waals surface area contributed by atoms with Crippen LogP contribution in [0.3, 0.4) is 0 Å². The zero-order valence-corrected chi connectivity index (χ0v) is 20.6. The third-order valence-corrected chi connectivity index (χ3v) is 6.26. The highest BCUT2D eigenvalue weighted by Gasteiger charge is 2.24. The van der Waals surface area contributed by atoms with Crippen molar-refractivity contribution in [3.63, 3.8) is 0 Å². The van der Waals surface area contributed by atoms with Gasteiger partial charge in [-0.05, 0) is 52.7 Å². The maximum absolute atomic E-state index is 13.6. The first-order chi connectivity index (χ1) is 18.1. The second-order valence-electron chi connectivity index (χ2n) is 8.80. The molecule has 0 unspecified atom stereocenters. The fourth-order valence-corrected chi connectivity index (χ4v) is 4.30. The Hall–Kier alpha value is -4.30. The largest absolute Gasteiger partial charge is 0.467 e. The van der Waals surface area contributed by atoms with Gasteiger partial charge in [0.2, 0.25) is 12.7 Å². The van der Waals surface area contributed by atoms with Crippen LogP contribution in [0.4, 0.5) is 0 Å². The third kappa shape index (κ3) is 5.76. The number of methoxy groups -OCH3 is 1. The zero-order valence-electron chi connectivity index (χ0n) is 20.6. The minimum Gasteiger partial charge on any atom is -0.467 e. The molecule has 1 aliphatic heterocycles. The molecule has 0 spiro atoms. The van der Waals surface area contributed by atoms with Crippen LogP contribution in [-0.2, 0) is 22.6 Å². The summed E-state index contributed by atoms with van der Waals surface area (Å²) in [7, 11) is 1.57. The number of furan rings is 1. The Bertz CT molecular complexity index is 1380. The fraction of sp³-hybridized carbons (Fsp3) is 0.241. The molecular formula is C29H28N2O6. The van der Waals surface area contributed by atoms with Gasteiger partial charge in [0.05, 0.1) is 19.4 Å². The first-order valence-corrected chi connectivity index (χ1v) is 12.1. The molecular weight excluding hydrogens is 472 g/mol. The normalized spacial score (nSPS) is 12.0. The molecule has 5 rings (SSSR count). The molecule has 3 aromatic carbocycles. The Morgan fingerprint density at radius 1 is 0.865 bits per heavy atom. The standard InChI is InChI=1S/C29H28N2O6/c1-34-14-12-30(29(33)24-10-9-22-5-2-3-6-23(22)16-24)19-28(32)31(18-25-7-4-13-35-25)17-21-8-11-26-27(15-21)37-20-36-26/h2-11,13,15-16H,12,14,17-20H2,1H3. The SMILES string of the molecule is COCCN(CC(=O)N(Cc1ccc2c(c1)OCO2)Cc1ccco1)C(=O)c1ccc2ccccc2c1. The van der Waals surface area contributed by atoms with E-state index >= 15 is 0 Å². The first kappa shape index (κ1) is 24.4. The summed E-state index contributed by atoms with van der Waals surface area (Å²) in [6, 6.07) is 22.6. The van der Waals surface area contributed by atoms with Gasteiger partial charge in [-0.1, -0.05) is 36.4 Å². The molecule has 8 heteroatoms. The van der Waals surface area contributed by atoms with Crippen molar-refractivity contribution in [3.05, 3.63) is 95.9 Å². The van der Waals surface area contributed by atoms with Gasteiger partial charge in [-0.15, -0.1) is 0 Å². The van der Waals surface area contributed by atoms with Crippen LogP contribution in [-0.4, -0.2) is 55.2 Å². The van der Waals surface area contributed by atoms with Gasteiger partial charge in [-0.2, -0.15) is 0 Å². The molecule has 0 N–H and O–H groups in total. The number of hydrogen-bond acceptors (Lipinski definition) is 6. The highest BCUT2D eigenvalue weighted by atomic mass is 16.7. The van der Waals surface area contributed by atoms with Crippen molar-refractivity contribution in [1.29, 1.82) is 0 Å². The lowest BCUT2D eigenvalue weighted by molar-refractivity contribution is -0.133. The van der Waals surface area contributed by atoms with Crippen LogP contribution in [0.25, 0.3) is 10.8 Å². The maximum atomic E-state index is 13.6. The Kier molecular flexibility index (Phi) is 7.37. The lowest BCUT2D eigenvalue weighted by atomic mass is 10.1. The van der Waals surface area contributed by atoms with E-state index in [1.165, 1.54) is 4.90 Å². The topological polar surface area (TPSA) is 81.5 Å². The number of fused-ring (bicyclic) bond motifs is 2. The molecule has 190 valence electrons. The van der Waals surface area contributed by atoms with Crippen LogP contribution in [0.15, 0.2) is 83.5 Å². The zero-order chi connectivity index (χ0) is 25.6. The summed E-state index contributed by atoms with van der Waals surface area (Å²) < 4.78 is 21.6. The summed E-state index contributed by atoms with van der Waals surface area (Å²) in [5, 5.41) is 2.01. The van der Waals surface area contributed by atoms with Gasteiger partial charge < -0.3 is 28.4 Å². The van der Waals surface area contributed by atoms with Crippen LogP contribution in [0.1, 0.15) is 21.7 Å². The third-order valence-electron chi connectivity index (χ3n) is 6.26. The first-order valence-electron chi connectivity index (χ1n) is 12.1. The van der Waals surface area contributed by atoms with Gasteiger partial charge in [0.25, 0.3) is 5.91 Å². The number of carbonyl (C=O) groups excluding carboxylic acids is 2. The second kappa shape index (κ2) is 11.2. The average Bonchev–Trinajstić information content (AvgIpc) is 3.61. The lowest BCUT2D eigenvalue weighted by Crippen LogP contribution is -2.43. The number of benzene rings is 3. The van der Waals surface area contributed by atoms with Gasteiger partial charge in [0.15, 0.2) is 11.5 Å².